The Morgan fingerprint density at radius 2 is 2.04 bits per heavy atom. The topological polar surface area (TPSA) is 55.4 Å². The van der Waals surface area contributed by atoms with Crippen LogP contribution in [0.2, 0.25) is 10.0 Å². The molecule has 3 aromatic rings. The van der Waals surface area contributed by atoms with E-state index in [9.17, 15) is 9.59 Å². The van der Waals surface area contributed by atoms with Gasteiger partial charge < -0.3 is 10.1 Å². The van der Waals surface area contributed by atoms with Crippen LogP contribution >= 0.6 is 45.9 Å². The summed E-state index contributed by atoms with van der Waals surface area (Å²) in [6.07, 6.45) is 0. The number of carbonyl (C=O) groups is 2. The fourth-order valence-corrected chi connectivity index (χ4v) is 4.34. The molecule has 0 saturated carbocycles. The van der Waals surface area contributed by atoms with E-state index >= 15 is 0 Å². The molecule has 2 heterocycles. The van der Waals surface area contributed by atoms with Crippen LogP contribution in [0.15, 0.2) is 35.7 Å². The van der Waals surface area contributed by atoms with Crippen molar-refractivity contribution in [3.63, 3.8) is 0 Å². The fourth-order valence-electron chi connectivity index (χ4n) is 2.02. The van der Waals surface area contributed by atoms with Gasteiger partial charge in [0, 0.05) is 20.0 Å². The number of amides is 1. The van der Waals surface area contributed by atoms with E-state index in [2.05, 4.69) is 5.32 Å². The second-order valence-corrected chi connectivity index (χ2v) is 7.72. The summed E-state index contributed by atoms with van der Waals surface area (Å²) < 4.78 is 5.84. The second kappa shape index (κ2) is 7.53. The van der Waals surface area contributed by atoms with E-state index in [4.69, 9.17) is 27.9 Å². The number of halogens is 2. The quantitative estimate of drug-likeness (QED) is 0.630. The van der Waals surface area contributed by atoms with Gasteiger partial charge in [0.25, 0.3) is 5.91 Å². The van der Waals surface area contributed by atoms with Crippen molar-refractivity contribution < 1.29 is 14.3 Å². The highest BCUT2D eigenvalue weighted by Crippen LogP contribution is 2.37. The summed E-state index contributed by atoms with van der Waals surface area (Å²) in [5, 5.41) is 6.23. The van der Waals surface area contributed by atoms with E-state index in [1.54, 1.807) is 29.5 Å². The van der Waals surface area contributed by atoms with Crippen molar-refractivity contribution in [1.82, 2.24) is 5.32 Å². The van der Waals surface area contributed by atoms with Gasteiger partial charge >= 0.3 is 5.97 Å². The lowest BCUT2D eigenvalue weighted by atomic mass is 10.2. The molecule has 2 aromatic heterocycles. The number of nitrogens with one attached hydrogen (secondary N) is 1. The number of fused-ring (bicyclic) bond motifs is 1. The van der Waals surface area contributed by atoms with Gasteiger partial charge in [0.1, 0.15) is 4.88 Å². The van der Waals surface area contributed by atoms with Crippen molar-refractivity contribution in [2.75, 3.05) is 6.61 Å². The van der Waals surface area contributed by atoms with Crippen molar-refractivity contribution in [3.05, 3.63) is 55.5 Å². The summed E-state index contributed by atoms with van der Waals surface area (Å²) in [4.78, 5) is 25.2. The summed E-state index contributed by atoms with van der Waals surface area (Å²) in [5.41, 5.74) is 0. The van der Waals surface area contributed by atoms with Gasteiger partial charge in [0.2, 0.25) is 0 Å². The lowest BCUT2D eigenvalue weighted by Crippen LogP contribution is -2.28. The van der Waals surface area contributed by atoms with Crippen LogP contribution in [0.3, 0.4) is 0 Å². The minimum Gasteiger partial charge on any atom is -0.451 e. The maximum atomic E-state index is 12.2. The van der Waals surface area contributed by atoms with E-state index in [1.807, 2.05) is 17.5 Å². The van der Waals surface area contributed by atoms with Crippen LogP contribution in [0.1, 0.15) is 14.5 Å². The van der Waals surface area contributed by atoms with E-state index in [0.717, 1.165) is 15.0 Å². The molecule has 0 aliphatic heterocycles. The summed E-state index contributed by atoms with van der Waals surface area (Å²) in [7, 11) is 0. The van der Waals surface area contributed by atoms with Gasteiger partial charge in [-0.2, -0.15) is 0 Å². The molecule has 0 bridgehead atoms. The van der Waals surface area contributed by atoms with Gasteiger partial charge in [0.05, 0.1) is 11.6 Å². The average molecular weight is 400 g/mol. The molecule has 0 atom stereocenters. The molecular formula is C16H11Cl2NO3S2. The maximum Gasteiger partial charge on any atom is 0.350 e. The minimum atomic E-state index is -0.622. The largest absolute Gasteiger partial charge is 0.451 e. The Balaban J connectivity index is 1.60. The van der Waals surface area contributed by atoms with Crippen molar-refractivity contribution in [2.24, 2.45) is 0 Å². The first-order valence-electron chi connectivity index (χ1n) is 6.88. The zero-order chi connectivity index (χ0) is 17.1. The highest BCUT2D eigenvalue weighted by atomic mass is 35.5. The maximum absolute atomic E-state index is 12.2. The molecular weight excluding hydrogens is 389 g/mol. The van der Waals surface area contributed by atoms with Crippen LogP contribution in [-0.2, 0) is 16.1 Å². The number of benzene rings is 1. The molecule has 4 nitrogen and oxygen atoms in total. The molecule has 124 valence electrons. The molecule has 1 N–H and O–H groups in total. The Morgan fingerprint density at radius 1 is 1.21 bits per heavy atom. The standard InChI is InChI=1S/C16H11Cl2NO3S2/c17-9-3-4-11-12(6-9)24-15(14(11)18)16(21)22-8-13(20)19-7-10-2-1-5-23-10/h1-6H,7-8H2,(H,19,20). The van der Waals surface area contributed by atoms with E-state index in [1.165, 1.54) is 11.3 Å². The van der Waals surface area contributed by atoms with Gasteiger partial charge in [-0.25, -0.2) is 4.79 Å². The highest BCUT2D eigenvalue weighted by molar-refractivity contribution is 7.21. The molecule has 0 aliphatic carbocycles. The lowest BCUT2D eigenvalue weighted by molar-refractivity contribution is -0.124. The Morgan fingerprint density at radius 3 is 2.79 bits per heavy atom. The van der Waals surface area contributed by atoms with Gasteiger partial charge in [-0.1, -0.05) is 35.3 Å². The molecule has 0 aliphatic rings. The SMILES string of the molecule is O=C(COC(=O)c1sc2cc(Cl)ccc2c1Cl)NCc1cccs1. The summed E-state index contributed by atoms with van der Waals surface area (Å²) in [6.45, 7) is 0.0612. The molecule has 8 heteroatoms. The zero-order valence-electron chi connectivity index (χ0n) is 12.2. The number of rotatable bonds is 5. The molecule has 1 amide bonds. The molecule has 24 heavy (non-hydrogen) atoms. The van der Waals surface area contributed by atoms with Crippen LogP contribution in [0.4, 0.5) is 0 Å². The molecule has 0 unspecified atom stereocenters. The molecule has 0 spiro atoms. The van der Waals surface area contributed by atoms with Crippen molar-refractivity contribution in [2.45, 2.75) is 6.54 Å². The van der Waals surface area contributed by atoms with Gasteiger partial charge in [0.15, 0.2) is 6.61 Å². The number of hydrogen-bond acceptors (Lipinski definition) is 5. The highest BCUT2D eigenvalue weighted by Gasteiger charge is 2.19. The number of ether oxygens (including phenoxy) is 1. The van der Waals surface area contributed by atoms with Gasteiger partial charge in [-0.05, 0) is 23.6 Å². The van der Waals surface area contributed by atoms with Gasteiger partial charge in [-0.3, -0.25) is 4.79 Å². The normalized spacial score (nSPS) is 10.8. The Labute approximate surface area is 156 Å². The Hall–Kier alpha value is -1.60. The summed E-state index contributed by atoms with van der Waals surface area (Å²) in [6, 6.07) is 9.01. The lowest BCUT2D eigenvalue weighted by Gasteiger charge is -2.05. The number of carbonyl (C=O) groups excluding carboxylic acids is 2. The smallest absolute Gasteiger partial charge is 0.350 e. The van der Waals surface area contributed by atoms with Gasteiger partial charge in [-0.15, -0.1) is 22.7 Å². The number of hydrogen-bond donors (Lipinski definition) is 1. The van der Waals surface area contributed by atoms with Crippen LogP contribution in [0.25, 0.3) is 10.1 Å². The molecule has 0 radical (unpaired) electrons. The minimum absolute atomic E-state index is 0.264. The van der Waals surface area contributed by atoms with Crippen molar-refractivity contribution >= 4 is 67.8 Å². The average Bonchev–Trinajstić information content (AvgIpc) is 3.18. The van der Waals surface area contributed by atoms with Crippen molar-refractivity contribution in [1.29, 1.82) is 0 Å². The molecule has 3 rings (SSSR count). The predicted molar refractivity (Wildman–Crippen MR) is 98.3 cm³/mol. The monoisotopic (exact) mass is 399 g/mol. The molecule has 0 saturated heterocycles. The first kappa shape index (κ1) is 17.2. The number of thiophene rings is 2. The van der Waals surface area contributed by atoms with E-state index in [0.29, 0.717) is 16.6 Å². The Bertz CT molecular complexity index is 890. The van der Waals surface area contributed by atoms with E-state index < -0.39 is 5.97 Å². The van der Waals surface area contributed by atoms with Crippen LogP contribution in [0, 0.1) is 0 Å². The second-order valence-electron chi connectivity index (χ2n) is 4.82. The predicted octanol–water partition coefficient (Wildman–Crippen LogP) is 4.74. The third-order valence-corrected chi connectivity index (χ3v) is 5.90. The van der Waals surface area contributed by atoms with E-state index in [-0.39, 0.29) is 17.4 Å². The van der Waals surface area contributed by atoms with Crippen LogP contribution in [0.5, 0.6) is 0 Å². The molecule has 1 aromatic carbocycles. The first-order valence-corrected chi connectivity index (χ1v) is 9.33. The van der Waals surface area contributed by atoms with Crippen LogP contribution in [-0.4, -0.2) is 18.5 Å². The summed E-state index contributed by atoms with van der Waals surface area (Å²) >= 11 is 14.9. The zero-order valence-corrected chi connectivity index (χ0v) is 15.3. The summed E-state index contributed by atoms with van der Waals surface area (Å²) in [5.74, 6) is -0.986. The van der Waals surface area contributed by atoms with Crippen molar-refractivity contribution in [3.8, 4) is 0 Å². The molecule has 0 fully saturated rings. The third-order valence-electron chi connectivity index (χ3n) is 3.15. The number of esters is 1. The Kier molecular flexibility index (Phi) is 5.40. The third kappa shape index (κ3) is 3.89. The van der Waals surface area contributed by atoms with Crippen LogP contribution < -0.4 is 5.32 Å². The first-order chi connectivity index (χ1) is 11.5. The fraction of sp³-hybridized carbons (Fsp3) is 0.125.